The molecule has 0 radical (unpaired) electrons. The van der Waals surface area contributed by atoms with Crippen molar-refractivity contribution in [1.82, 2.24) is 20.0 Å². The second-order valence-electron chi connectivity index (χ2n) is 5.73. The van der Waals surface area contributed by atoms with Crippen molar-refractivity contribution in [2.24, 2.45) is 0 Å². The molecule has 5 nitrogen and oxygen atoms in total. The van der Waals surface area contributed by atoms with Gasteiger partial charge in [-0.05, 0) is 32.0 Å². The molecule has 0 amide bonds. The fourth-order valence-corrected chi connectivity index (χ4v) is 2.71. The molecule has 0 aliphatic rings. The maximum absolute atomic E-state index is 5.67. The van der Waals surface area contributed by atoms with Crippen LogP contribution in [0.5, 0.6) is 0 Å². The molecule has 4 rings (SSSR count). The van der Waals surface area contributed by atoms with Crippen LogP contribution < -0.4 is 0 Å². The molecule has 0 unspecified atom stereocenters. The van der Waals surface area contributed by atoms with Crippen molar-refractivity contribution in [3.8, 4) is 22.6 Å². The van der Waals surface area contributed by atoms with Gasteiger partial charge in [0.2, 0.25) is 0 Å². The van der Waals surface area contributed by atoms with Gasteiger partial charge in [0.15, 0.2) is 12.2 Å². The molecule has 0 N–H and O–H groups in total. The molecule has 114 valence electrons. The monoisotopic (exact) mass is 304 g/mol. The minimum atomic E-state index is 0.249. The lowest BCUT2D eigenvalue weighted by Crippen LogP contribution is -2.02. The van der Waals surface area contributed by atoms with Crippen LogP contribution in [0.15, 0.2) is 59.3 Å². The van der Waals surface area contributed by atoms with Crippen molar-refractivity contribution >= 4 is 11.0 Å². The summed E-state index contributed by atoms with van der Waals surface area (Å²) in [5.74, 6) is 0.759. The Balaban J connectivity index is 1.87. The molecule has 2 heterocycles. The molecule has 0 saturated carbocycles. The fourth-order valence-electron chi connectivity index (χ4n) is 2.71. The first kappa shape index (κ1) is 13.7. The van der Waals surface area contributed by atoms with Gasteiger partial charge in [-0.2, -0.15) is 0 Å². The molecule has 0 fully saturated rings. The lowest BCUT2D eigenvalue weighted by atomic mass is 10.1. The van der Waals surface area contributed by atoms with E-state index in [1.165, 1.54) is 6.39 Å². The van der Waals surface area contributed by atoms with Crippen LogP contribution in [0.1, 0.15) is 19.9 Å². The Hall–Kier alpha value is -2.95. The standard InChI is InChI=1S/C18H16N4O/c1-12(2)22-16-10-14(8-9-15(16)20-21-22)18-17(19-11-23-18)13-6-4-3-5-7-13/h3-12H,1-2H3. The lowest BCUT2D eigenvalue weighted by molar-refractivity contribution is 0.530. The van der Waals surface area contributed by atoms with Crippen LogP contribution in [0, 0.1) is 0 Å². The number of aromatic nitrogens is 4. The summed E-state index contributed by atoms with van der Waals surface area (Å²) >= 11 is 0. The molecular formula is C18H16N4O. The molecule has 0 aliphatic heterocycles. The van der Waals surface area contributed by atoms with Gasteiger partial charge < -0.3 is 4.42 Å². The summed E-state index contributed by atoms with van der Waals surface area (Å²) in [6.07, 6.45) is 1.49. The molecule has 2 aromatic carbocycles. The van der Waals surface area contributed by atoms with Crippen LogP contribution in [0.4, 0.5) is 0 Å². The normalized spacial score (nSPS) is 11.4. The first-order valence-corrected chi connectivity index (χ1v) is 7.58. The zero-order valence-corrected chi connectivity index (χ0v) is 13.0. The summed E-state index contributed by atoms with van der Waals surface area (Å²) in [7, 11) is 0. The minimum Gasteiger partial charge on any atom is -0.443 e. The first-order chi connectivity index (χ1) is 11.2. The molecule has 5 heteroatoms. The van der Waals surface area contributed by atoms with E-state index in [4.69, 9.17) is 4.42 Å². The third kappa shape index (κ3) is 2.30. The number of fused-ring (bicyclic) bond motifs is 1. The molecule has 0 saturated heterocycles. The molecule has 2 aromatic heterocycles. The Morgan fingerprint density at radius 2 is 1.83 bits per heavy atom. The van der Waals surface area contributed by atoms with Gasteiger partial charge >= 0.3 is 0 Å². The summed E-state index contributed by atoms with van der Waals surface area (Å²) in [4.78, 5) is 4.38. The van der Waals surface area contributed by atoms with E-state index in [2.05, 4.69) is 35.2 Å². The van der Waals surface area contributed by atoms with Gasteiger partial charge in [-0.25, -0.2) is 9.67 Å². The minimum absolute atomic E-state index is 0.249. The van der Waals surface area contributed by atoms with E-state index in [1.54, 1.807) is 0 Å². The number of benzene rings is 2. The second kappa shape index (κ2) is 5.35. The topological polar surface area (TPSA) is 56.7 Å². The Bertz CT molecular complexity index is 953. The van der Waals surface area contributed by atoms with Gasteiger partial charge in [-0.1, -0.05) is 35.5 Å². The third-order valence-corrected chi connectivity index (χ3v) is 3.84. The van der Waals surface area contributed by atoms with Crippen LogP contribution >= 0.6 is 0 Å². The SMILES string of the molecule is CC(C)n1nnc2ccc(-c3ocnc3-c3ccccc3)cc21. The summed E-state index contributed by atoms with van der Waals surface area (Å²) in [5.41, 5.74) is 4.72. The van der Waals surface area contributed by atoms with Crippen LogP contribution in [-0.4, -0.2) is 20.0 Å². The van der Waals surface area contributed by atoms with E-state index in [9.17, 15) is 0 Å². The van der Waals surface area contributed by atoms with Crippen molar-refractivity contribution in [3.63, 3.8) is 0 Å². The molecule has 0 atom stereocenters. The lowest BCUT2D eigenvalue weighted by Gasteiger charge is -2.06. The van der Waals surface area contributed by atoms with Gasteiger partial charge in [-0.3, -0.25) is 0 Å². The molecule has 0 bridgehead atoms. The molecule has 23 heavy (non-hydrogen) atoms. The highest BCUT2D eigenvalue weighted by Crippen LogP contribution is 2.32. The van der Waals surface area contributed by atoms with Gasteiger partial charge in [0.25, 0.3) is 0 Å². The van der Waals surface area contributed by atoms with Crippen molar-refractivity contribution in [1.29, 1.82) is 0 Å². The summed E-state index contributed by atoms with van der Waals surface area (Å²) in [6, 6.07) is 16.3. The summed E-state index contributed by atoms with van der Waals surface area (Å²) in [5, 5.41) is 8.43. The van der Waals surface area contributed by atoms with Crippen molar-refractivity contribution in [3.05, 3.63) is 54.9 Å². The van der Waals surface area contributed by atoms with E-state index < -0.39 is 0 Å². The molecule has 4 aromatic rings. The molecule has 0 spiro atoms. The van der Waals surface area contributed by atoms with Gasteiger partial charge in [-0.15, -0.1) is 5.10 Å². The number of hydrogen-bond donors (Lipinski definition) is 0. The number of hydrogen-bond acceptors (Lipinski definition) is 4. The van der Waals surface area contributed by atoms with E-state index in [1.807, 2.05) is 47.1 Å². The van der Waals surface area contributed by atoms with Crippen LogP contribution in [0.2, 0.25) is 0 Å². The maximum atomic E-state index is 5.67. The van der Waals surface area contributed by atoms with E-state index in [-0.39, 0.29) is 6.04 Å². The zero-order valence-electron chi connectivity index (χ0n) is 13.0. The highest BCUT2D eigenvalue weighted by molar-refractivity contribution is 5.84. The Morgan fingerprint density at radius 3 is 2.61 bits per heavy atom. The Kier molecular flexibility index (Phi) is 3.19. The van der Waals surface area contributed by atoms with Gasteiger partial charge in [0, 0.05) is 17.2 Å². The third-order valence-electron chi connectivity index (χ3n) is 3.84. The number of oxazole rings is 1. The quantitative estimate of drug-likeness (QED) is 0.565. The van der Waals surface area contributed by atoms with Crippen LogP contribution in [0.25, 0.3) is 33.6 Å². The second-order valence-corrected chi connectivity index (χ2v) is 5.73. The zero-order chi connectivity index (χ0) is 15.8. The summed E-state index contributed by atoms with van der Waals surface area (Å²) in [6.45, 7) is 4.18. The summed E-state index contributed by atoms with van der Waals surface area (Å²) < 4.78 is 7.58. The smallest absolute Gasteiger partial charge is 0.182 e. The van der Waals surface area contributed by atoms with Crippen molar-refractivity contribution < 1.29 is 4.42 Å². The van der Waals surface area contributed by atoms with Crippen molar-refractivity contribution in [2.45, 2.75) is 19.9 Å². The average molecular weight is 304 g/mol. The average Bonchev–Trinajstić information content (AvgIpc) is 3.22. The van der Waals surface area contributed by atoms with E-state index >= 15 is 0 Å². The molecule has 0 aliphatic carbocycles. The van der Waals surface area contributed by atoms with E-state index in [0.717, 1.165) is 33.6 Å². The van der Waals surface area contributed by atoms with Crippen LogP contribution in [-0.2, 0) is 0 Å². The van der Waals surface area contributed by atoms with Gasteiger partial charge in [0.05, 0.1) is 5.52 Å². The Morgan fingerprint density at radius 1 is 1.00 bits per heavy atom. The van der Waals surface area contributed by atoms with Crippen molar-refractivity contribution in [2.75, 3.05) is 0 Å². The Labute approximate surface area is 133 Å². The highest BCUT2D eigenvalue weighted by atomic mass is 16.3. The van der Waals surface area contributed by atoms with Gasteiger partial charge in [0.1, 0.15) is 11.2 Å². The first-order valence-electron chi connectivity index (χ1n) is 7.58. The fraction of sp³-hybridized carbons (Fsp3) is 0.167. The van der Waals surface area contributed by atoms with E-state index in [0.29, 0.717) is 0 Å². The maximum Gasteiger partial charge on any atom is 0.182 e. The largest absolute Gasteiger partial charge is 0.443 e. The van der Waals surface area contributed by atoms with Crippen LogP contribution in [0.3, 0.4) is 0 Å². The number of nitrogens with zero attached hydrogens (tertiary/aromatic N) is 4. The molecular weight excluding hydrogens is 288 g/mol. The number of rotatable bonds is 3. The highest BCUT2D eigenvalue weighted by Gasteiger charge is 2.15. The predicted molar refractivity (Wildman–Crippen MR) is 88.8 cm³/mol. The predicted octanol–water partition coefficient (Wildman–Crippen LogP) is 4.33.